The van der Waals surface area contributed by atoms with Gasteiger partial charge in [0, 0.05) is 0 Å². The predicted octanol–water partition coefficient (Wildman–Crippen LogP) is 5.97. The zero-order chi connectivity index (χ0) is 27.6. The maximum Gasteiger partial charge on any atom is 0.460 e. The normalized spacial score (nSPS) is 16.1. The van der Waals surface area contributed by atoms with Crippen LogP contribution in [0.25, 0.3) is 0 Å². The summed E-state index contributed by atoms with van der Waals surface area (Å²) < 4.78 is 249. The fourth-order valence-corrected chi connectivity index (χ4v) is 1.90. The van der Waals surface area contributed by atoms with E-state index in [1.807, 2.05) is 0 Å². The maximum absolute atomic E-state index is 13.7. The van der Waals surface area contributed by atoms with E-state index in [0.29, 0.717) is 0 Å². The molecule has 22 heteroatoms. The van der Waals surface area contributed by atoms with Crippen molar-refractivity contribution in [2.24, 2.45) is 0 Å². The molecule has 1 aromatic rings. The molecular formula is C12H2F19N3. The molecule has 0 aliphatic rings. The largest absolute Gasteiger partial charge is 0.460 e. The van der Waals surface area contributed by atoms with Crippen LogP contribution in [0.3, 0.4) is 0 Å². The van der Waals surface area contributed by atoms with Crippen molar-refractivity contribution in [3.63, 3.8) is 0 Å². The molecule has 0 aliphatic heterocycles. The third-order valence-electron chi connectivity index (χ3n) is 3.89. The smallest absolute Gasteiger partial charge is 0.225 e. The van der Waals surface area contributed by atoms with Gasteiger partial charge in [-0.3, -0.25) is 0 Å². The molecule has 1 heterocycles. The Morgan fingerprint density at radius 1 is 0.382 bits per heavy atom. The summed E-state index contributed by atoms with van der Waals surface area (Å²) in [5.74, 6) is -70.1. The number of alkyl halides is 19. The molecule has 0 N–H and O–H groups in total. The van der Waals surface area contributed by atoms with E-state index in [1.54, 1.807) is 0 Å². The average molecular weight is 549 g/mol. The van der Waals surface area contributed by atoms with Crippen LogP contribution < -0.4 is 0 Å². The molecule has 0 unspecified atom stereocenters. The first-order valence-electron chi connectivity index (χ1n) is 7.32. The van der Waals surface area contributed by atoms with Gasteiger partial charge in [-0.2, -0.15) is 83.4 Å². The first kappa shape index (κ1) is 29.7. The van der Waals surface area contributed by atoms with Crippen molar-refractivity contribution in [2.45, 2.75) is 53.6 Å². The highest BCUT2D eigenvalue weighted by atomic mass is 19.4. The standard InChI is InChI=1S/C12H2F19N3/c13-4(14,3-33-1-32-2-34-3)5(15,16)6(17,18)7(19,20)8(21,22)9(23,24)10(25,26)11(27,28)12(29,30)31/h1-2H. The SMILES string of the molecule is FC(F)(F)C(F)(F)C(F)(F)C(F)(F)C(F)(F)C(F)(F)C(F)(F)C(F)(F)C(F)(F)c1ncncn1. The lowest BCUT2D eigenvalue weighted by Crippen LogP contribution is -2.75. The Kier molecular flexibility index (Phi) is 6.63. The van der Waals surface area contributed by atoms with E-state index in [0.717, 1.165) is 0 Å². The summed E-state index contributed by atoms with van der Waals surface area (Å²) in [5, 5.41) is 0. The summed E-state index contributed by atoms with van der Waals surface area (Å²) >= 11 is 0. The van der Waals surface area contributed by atoms with E-state index in [9.17, 15) is 83.4 Å². The van der Waals surface area contributed by atoms with E-state index < -0.39 is 59.4 Å². The van der Waals surface area contributed by atoms with Crippen molar-refractivity contribution in [3.8, 4) is 0 Å². The second-order valence-electron chi connectivity index (χ2n) is 6.05. The fraction of sp³-hybridized carbons (Fsp3) is 0.750. The molecule has 0 spiro atoms. The molecule has 0 saturated heterocycles. The molecule has 3 nitrogen and oxygen atoms in total. The summed E-state index contributed by atoms with van der Waals surface area (Å²) in [7, 11) is 0. The topological polar surface area (TPSA) is 38.7 Å². The van der Waals surface area contributed by atoms with Crippen LogP contribution in [0.1, 0.15) is 5.82 Å². The molecule has 198 valence electrons. The average Bonchev–Trinajstić information content (AvgIpc) is 2.66. The highest BCUT2D eigenvalue weighted by molar-refractivity contribution is 5.18. The highest BCUT2D eigenvalue weighted by Crippen LogP contribution is 2.65. The zero-order valence-corrected chi connectivity index (χ0v) is 14.7. The van der Waals surface area contributed by atoms with Crippen LogP contribution >= 0.6 is 0 Å². The van der Waals surface area contributed by atoms with Gasteiger partial charge in [0.2, 0.25) is 5.82 Å². The van der Waals surface area contributed by atoms with Crippen LogP contribution in [-0.2, 0) is 5.92 Å². The lowest BCUT2D eigenvalue weighted by Gasteiger charge is -2.43. The van der Waals surface area contributed by atoms with E-state index in [2.05, 4.69) is 15.0 Å². The van der Waals surface area contributed by atoms with Crippen LogP contribution in [-0.4, -0.2) is 62.6 Å². The lowest BCUT2D eigenvalue weighted by molar-refractivity contribution is -0.469. The quantitative estimate of drug-likeness (QED) is 0.376. The molecule has 1 aromatic heterocycles. The third-order valence-corrected chi connectivity index (χ3v) is 3.89. The Balaban J connectivity index is 3.76. The highest BCUT2D eigenvalue weighted by Gasteiger charge is 2.96. The minimum Gasteiger partial charge on any atom is -0.225 e. The molecule has 0 bridgehead atoms. The minimum absolute atomic E-state index is 0.175. The van der Waals surface area contributed by atoms with Crippen LogP contribution in [0, 0.1) is 0 Å². The zero-order valence-electron chi connectivity index (χ0n) is 14.7. The van der Waals surface area contributed by atoms with Crippen molar-refractivity contribution >= 4 is 0 Å². The van der Waals surface area contributed by atoms with Crippen molar-refractivity contribution in [1.29, 1.82) is 0 Å². The molecular weight excluding hydrogens is 547 g/mol. The molecule has 0 aromatic carbocycles. The van der Waals surface area contributed by atoms with Crippen molar-refractivity contribution in [1.82, 2.24) is 15.0 Å². The minimum atomic E-state index is -8.96. The first-order valence-corrected chi connectivity index (χ1v) is 7.32. The number of nitrogens with zero attached hydrogens (tertiary/aromatic N) is 3. The number of hydrogen-bond donors (Lipinski definition) is 0. The van der Waals surface area contributed by atoms with Crippen molar-refractivity contribution < 1.29 is 83.4 Å². The van der Waals surface area contributed by atoms with Crippen LogP contribution in [0.2, 0.25) is 0 Å². The first-order chi connectivity index (χ1) is 14.6. The summed E-state index contributed by atoms with van der Waals surface area (Å²) in [6.07, 6.45) is -8.26. The second kappa shape index (κ2) is 7.59. The van der Waals surface area contributed by atoms with Crippen molar-refractivity contribution in [2.75, 3.05) is 0 Å². The van der Waals surface area contributed by atoms with Gasteiger partial charge in [-0.15, -0.1) is 0 Å². The molecule has 0 fully saturated rings. The van der Waals surface area contributed by atoms with Gasteiger partial charge in [0.15, 0.2) is 0 Å². The van der Waals surface area contributed by atoms with Gasteiger partial charge in [0.05, 0.1) is 0 Å². The van der Waals surface area contributed by atoms with Gasteiger partial charge in [-0.05, 0) is 0 Å². The Morgan fingerprint density at radius 2 is 0.647 bits per heavy atom. The van der Waals surface area contributed by atoms with Crippen molar-refractivity contribution in [3.05, 3.63) is 18.5 Å². The molecule has 0 saturated carbocycles. The van der Waals surface area contributed by atoms with Crippen LogP contribution in [0.5, 0.6) is 0 Å². The Hall–Kier alpha value is -2.32. The molecule has 1 rings (SSSR count). The van der Waals surface area contributed by atoms with E-state index in [-0.39, 0.29) is 12.7 Å². The second-order valence-corrected chi connectivity index (χ2v) is 6.05. The van der Waals surface area contributed by atoms with Gasteiger partial charge in [0.1, 0.15) is 12.7 Å². The number of hydrogen-bond acceptors (Lipinski definition) is 3. The van der Waals surface area contributed by atoms with Crippen LogP contribution in [0.4, 0.5) is 83.4 Å². The third kappa shape index (κ3) is 3.49. The van der Waals surface area contributed by atoms with Gasteiger partial charge in [0.25, 0.3) is 0 Å². The Bertz CT molecular complexity index is 874. The number of aromatic nitrogens is 3. The van der Waals surface area contributed by atoms with Crippen LogP contribution in [0.15, 0.2) is 12.7 Å². The molecule has 0 amide bonds. The summed E-state index contributed by atoms with van der Waals surface area (Å²) in [6, 6.07) is 0. The lowest BCUT2D eigenvalue weighted by atomic mass is 9.87. The fourth-order valence-electron chi connectivity index (χ4n) is 1.90. The Labute approximate surface area is 172 Å². The van der Waals surface area contributed by atoms with Gasteiger partial charge in [-0.1, -0.05) is 0 Å². The summed E-state index contributed by atoms with van der Waals surface area (Å²) in [6.45, 7) is 0. The molecule has 0 aliphatic carbocycles. The van der Waals surface area contributed by atoms with Gasteiger partial charge < -0.3 is 0 Å². The van der Waals surface area contributed by atoms with Gasteiger partial charge in [-0.25, -0.2) is 15.0 Å². The van der Waals surface area contributed by atoms with E-state index in [4.69, 9.17) is 0 Å². The molecule has 0 radical (unpaired) electrons. The Morgan fingerprint density at radius 3 is 0.941 bits per heavy atom. The van der Waals surface area contributed by atoms with E-state index >= 15 is 0 Å². The summed E-state index contributed by atoms with van der Waals surface area (Å²) in [4.78, 5) is 6.91. The van der Waals surface area contributed by atoms with Gasteiger partial charge >= 0.3 is 53.6 Å². The number of halogens is 19. The summed E-state index contributed by atoms with van der Waals surface area (Å²) in [5.41, 5.74) is 0. The monoisotopic (exact) mass is 549 g/mol. The maximum atomic E-state index is 13.7. The van der Waals surface area contributed by atoms with E-state index in [1.165, 1.54) is 0 Å². The molecule has 0 atom stereocenters. The molecule has 34 heavy (non-hydrogen) atoms. The predicted molar refractivity (Wildman–Crippen MR) is 64.4 cm³/mol. The number of rotatable bonds is 8.